The topological polar surface area (TPSA) is 115 Å². The monoisotopic (exact) mass is 462 g/mol. The molecule has 0 aliphatic heterocycles. The largest absolute Gasteiger partial charge is 0.468 e. The Labute approximate surface area is 198 Å². The highest BCUT2D eigenvalue weighted by Gasteiger charge is 2.22. The fourth-order valence-electron chi connectivity index (χ4n) is 4.58. The summed E-state index contributed by atoms with van der Waals surface area (Å²) in [5, 5.41) is 2.08. The number of fused-ring (bicyclic) bond motifs is 2. The number of hydrogen-bond acceptors (Lipinski definition) is 6. The van der Waals surface area contributed by atoms with E-state index in [2.05, 4.69) is 28.2 Å². The first kappa shape index (κ1) is 23.5. The van der Waals surface area contributed by atoms with Crippen LogP contribution in [-0.4, -0.2) is 47.4 Å². The molecule has 0 amide bonds. The van der Waals surface area contributed by atoms with E-state index in [9.17, 15) is 9.59 Å². The number of nitrogens with two attached hydrogens (primary N) is 2. The molecule has 34 heavy (non-hydrogen) atoms. The highest BCUT2D eigenvalue weighted by Crippen LogP contribution is 2.31. The highest BCUT2D eigenvalue weighted by molar-refractivity contribution is 5.87. The lowest BCUT2D eigenvalue weighted by Crippen LogP contribution is -2.33. The molecule has 0 spiro atoms. The summed E-state index contributed by atoms with van der Waals surface area (Å²) >= 11 is 0. The number of rotatable bonds is 8. The van der Waals surface area contributed by atoms with Gasteiger partial charge >= 0.3 is 11.9 Å². The van der Waals surface area contributed by atoms with E-state index < -0.39 is 24.0 Å². The fraction of sp³-hybridized carbons (Fsp3) is 0.308. The van der Waals surface area contributed by atoms with Crippen LogP contribution in [-0.2, 0) is 31.9 Å². The molecule has 0 fully saturated rings. The number of carbonyl (C=O) groups is 2. The maximum Gasteiger partial charge on any atom is 0.322 e. The molecule has 4 rings (SSSR count). The van der Waals surface area contributed by atoms with E-state index in [0.29, 0.717) is 12.8 Å². The molecule has 2 aromatic carbocycles. The summed E-state index contributed by atoms with van der Waals surface area (Å²) in [6.45, 7) is 2.10. The zero-order chi connectivity index (χ0) is 24.4. The first-order valence-corrected chi connectivity index (χ1v) is 11.2. The van der Waals surface area contributed by atoms with Gasteiger partial charge in [0.2, 0.25) is 0 Å². The van der Waals surface area contributed by atoms with Crippen molar-refractivity contribution in [3.05, 3.63) is 72.1 Å². The number of esters is 2. The number of hydrogen-bond donors (Lipinski definition) is 2. The number of para-hydroxylation sites is 2. The van der Waals surface area contributed by atoms with E-state index in [1.54, 1.807) is 0 Å². The number of aromatic nitrogens is 2. The van der Waals surface area contributed by atoms with Gasteiger partial charge in [0.25, 0.3) is 0 Å². The summed E-state index contributed by atoms with van der Waals surface area (Å²) in [7, 11) is 2.68. The molecule has 0 aliphatic carbocycles. The number of ether oxygens (including phenoxy) is 2. The molecular weight excluding hydrogens is 432 g/mol. The molecule has 0 aliphatic rings. The Morgan fingerprint density at radius 1 is 0.765 bits per heavy atom. The summed E-state index contributed by atoms with van der Waals surface area (Å²) in [6, 6.07) is 14.6. The van der Waals surface area contributed by atoms with Gasteiger partial charge in [0.05, 0.1) is 25.3 Å². The third kappa shape index (κ3) is 4.30. The molecule has 8 heteroatoms. The minimum absolute atomic E-state index is 0.0963. The molecule has 178 valence electrons. The third-order valence-electron chi connectivity index (χ3n) is 6.34. The van der Waals surface area contributed by atoms with E-state index >= 15 is 0 Å². The lowest BCUT2D eigenvalue weighted by atomic mass is 10.1. The van der Waals surface area contributed by atoms with Crippen molar-refractivity contribution in [3.8, 4) is 0 Å². The Kier molecular flexibility index (Phi) is 6.72. The Morgan fingerprint density at radius 3 is 1.53 bits per heavy atom. The summed E-state index contributed by atoms with van der Waals surface area (Å²) in [4.78, 5) is 23.8. The molecule has 2 heterocycles. The maximum absolute atomic E-state index is 11.9. The molecule has 0 saturated heterocycles. The van der Waals surface area contributed by atoms with Crippen LogP contribution in [0.4, 0.5) is 0 Å². The van der Waals surface area contributed by atoms with Crippen molar-refractivity contribution < 1.29 is 19.1 Å². The van der Waals surface area contributed by atoms with Crippen LogP contribution >= 0.6 is 0 Å². The molecule has 0 radical (unpaired) electrons. The van der Waals surface area contributed by atoms with Gasteiger partial charge in [-0.2, -0.15) is 0 Å². The van der Waals surface area contributed by atoms with Crippen molar-refractivity contribution in [2.45, 2.75) is 38.0 Å². The SMILES string of the molecule is COC(=O)[C@H](N)Cc1cn(C(C)n2cc(C[C@H](N)C(=O)OC)c3ccccc32)c2ccccc12. The second-order valence-corrected chi connectivity index (χ2v) is 8.46. The summed E-state index contributed by atoms with van der Waals surface area (Å²) in [5.41, 5.74) is 16.2. The Hall–Kier alpha value is -3.62. The smallest absolute Gasteiger partial charge is 0.322 e. The predicted octanol–water partition coefficient (Wildman–Crippen LogP) is 2.75. The number of methoxy groups -OCH3 is 2. The molecule has 0 saturated carbocycles. The summed E-state index contributed by atoms with van der Waals surface area (Å²) < 4.78 is 14.0. The first-order chi connectivity index (χ1) is 16.3. The van der Waals surface area contributed by atoms with Gasteiger partial charge in [-0.05, 0) is 30.2 Å². The van der Waals surface area contributed by atoms with Crippen LogP contribution in [0.2, 0.25) is 0 Å². The van der Waals surface area contributed by atoms with E-state index in [1.807, 2.05) is 48.8 Å². The minimum atomic E-state index is -0.738. The molecule has 1 unspecified atom stereocenters. The molecule has 8 nitrogen and oxygen atoms in total. The van der Waals surface area contributed by atoms with Crippen molar-refractivity contribution >= 4 is 33.7 Å². The van der Waals surface area contributed by atoms with E-state index in [1.165, 1.54) is 14.2 Å². The fourth-order valence-corrected chi connectivity index (χ4v) is 4.58. The second-order valence-electron chi connectivity index (χ2n) is 8.46. The third-order valence-corrected chi connectivity index (χ3v) is 6.34. The molecule has 0 bridgehead atoms. The van der Waals surface area contributed by atoms with Crippen LogP contribution in [0.25, 0.3) is 21.8 Å². The van der Waals surface area contributed by atoms with Gasteiger partial charge in [0, 0.05) is 36.0 Å². The van der Waals surface area contributed by atoms with Crippen molar-refractivity contribution in [2.75, 3.05) is 14.2 Å². The number of nitrogens with zero attached hydrogens (tertiary/aromatic N) is 2. The van der Waals surface area contributed by atoms with Gasteiger partial charge in [0.1, 0.15) is 18.2 Å². The molecular formula is C26H30N4O4. The van der Waals surface area contributed by atoms with Crippen molar-refractivity contribution in [2.24, 2.45) is 11.5 Å². The number of benzene rings is 2. The Bertz CT molecular complexity index is 1240. The maximum atomic E-state index is 11.9. The predicted molar refractivity (Wildman–Crippen MR) is 131 cm³/mol. The quantitative estimate of drug-likeness (QED) is 0.389. The lowest BCUT2D eigenvalue weighted by Gasteiger charge is -2.19. The van der Waals surface area contributed by atoms with Crippen molar-refractivity contribution in [1.29, 1.82) is 0 Å². The molecule has 4 N–H and O–H groups in total. The molecule has 2 aromatic heterocycles. The van der Waals surface area contributed by atoms with Crippen LogP contribution < -0.4 is 11.5 Å². The van der Waals surface area contributed by atoms with Gasteiger partial charge < -0.3 is 30.1 Å². The Balaban J connectivity index is 1.77. The molecule has 3 atom stereocenters. The van der Waals surface area contributed by atoms with Crippen LogP contribution in [0.5, 0.6) is 0 Å². The van der Waals surface area contributed by atoms with E-state index in [-0.39, 0.29) is 6.17 Å². The minimum Gasteiger partial charge on any atom is -0.468 e. The van der Waals surface area contributed by atoms with Gasteiger partial charge in [0.15, 0.2) is 0 Å². The average Bonchev–Trinajstić information content (AvgIpc) is 3.41. The van der Waals surface area contributed by atoms with Gasteiger partial charge in [-0.25, -0.2) is 0 Å². The van der Waals surface area contributed by atoms with Crippen molar-refractivity contribution in [1.82, 2.24) is 9.13 Å². The van der Waals surface area contributed by atoms with Crippen LogP contribution in [0, 0.1) is 0 Å². The average molecular weight is 463 g/mol. The van der Waals surface area contributed by atoms with E-state index in [4.69, 9.17) is 20.9 Å². The zero-order valence-corrected chi connectivity index (χ0v) is 19.6. The Morgan fingerprint density at radius 2 is 1.15 bits per heavy atom. The lowest BCUT2D eigenvalue weighted by molar-refractivity contribution is -0.142. The van der Waals surface area contributed by atoms with Crippen molar-refractivity contribution in [3.63, 3.8) is 0 Å². The van der Waals surface area contributed by atoms with Gasteiger partial charge in [-0.3, -0.25) is 9.59 Å². The normalized spacial score (nSPS) is 14.1. The van der Waals surface area contributed by atoms with E-state index in [0.717, 1.165) is 32.9 Å². The zero-order valence-electron chi connectivity index (χ0n) is 19.6. The number of carbonyl (C=O) groups excluding carboxylic acids is 2. The van der Waals surface area contributed by atoms with Crippen LogP contribution in [0.1, 0.15) is 24.2 Å². The van der Waals surface area contributed by atoms with Crippen LogP contribution in [0.15, 0.2) is 60.9 Å². The second kappa shape index (κ2) is 9.70. The van der Waals surface area contributed by atoms with Gasteiger partial charge in [-0.1, -0.05) is 36.4 Å². The summed E-state index contributed by atoms with van der Waals surface area (Å²) in [6.07, 6.45) is 4.75. The van der Waals surface area contributed by atoms with Gasteiger partial charge in [-0.15, -0.1) is 0 Å². The molecule has 4 aromatic rings. The first-order valence-electron chi connectivity index (χ1n) is 11.2. The van der Waals surface area contributed by atoms with Crippen LogP contribution in [0.3, 0.4) is 0 Å². The highest BCUT2D eigenvalue weighted by atomic mass is 16.5. The standard InChI is InChI=1S/C26H30N4O4/c1-16(29-14-17(12-21(27)25(31)33-2)19-8-4-6-10-23(19)29)30-15-18(13-22(28)26(32)34-3)20-9-5-7-11-24(20)30/h4-11,14-16,21-22H,12-13,27-28H2,1-3H3/t16?,21-,22+. The summed E-state index contributed by atoms with van der Waals surface area (Å²) in [5.74, 6) is -0.874.